The van der Waals surface area contributed by atoms with Gasteiger partial charge < -0.3 is 40.3 Å². The maximum atomic E-state index is 13.2. The van der Waals surface area contributed by atoms with Crippen LogP contribution in [-0.2, 0) is 28.9 Å². The van der Waals surface area contributed by atoms with E-state index in [2.05, 4.69) is 35.5 Å². The predicted molar refractivity (Wildman–Crippen MR) is 270 cm³/mol. The topological polar surface area (TPSA) is 212 Å². The number of unbranched alkanes of at least 4 members (excludes halogenated alkanes) is 33. The van der Waals surface area contributed by atoms with Crippen molar-refractivity contribution < 1.29 is 57.0 Å². The van der Waals surface area contributed by atoms with Crippen LogP contribution in [0.25, 0.3) is 0 Å². The van der Waals surface area contributed by atoms with Crippen molar-refractivity contribution in [3.8, 4) is 0 Å². The molecule has 0 aromatic rings. The summed E-state index contributed by atoms with van der Waals surface area (Å²) < 4.78 is 47.8. The SMILES string of the molecule is CCCCCCCCCCC/C=C\CCCCCCC(O)C(=O)NC(COC1OC(CO)C(O)C(OS(=O)(=O)O)C1O)C(O)CCCCCCCCCCCCCCCCCCCCCCC. The highest BCUT2D eigenvalue weighted by atomic mass is 32.3. The number of hydrogen-bond donors (Lipinski definition) is 7. The first-order valence-electron chi connectivity index (χ1n) is 27.7. The molecule has 1 fully saturated rings. The van der Waals surface area contributed by atoms with Gasteiger partial charge in [-0.15, -0.1) is 0 Å². The molecule has 0 radical (unpaired) electrons. The zero-order valence-corrected chi connectivity index (χ0v) is 43.4. The zero-order chi connectivity index (χ0) is 49.2. The molecule has 1 heterocycles. The van der Waals surface area contributed by atoms with E-state index in [1.165, 1.54) is 167 Å². The summed E-state index contributed by atoms with van der Waals surface area (Å²) in [4.78, 5) is 13.2. The Bertz CT molecular complexity index is 1260. The van der Waals surface area contributed by atoms with Crippen molar-refractivity contribution >= 4 is 16.3 Å². The van der Waals surface area contributed by atoms with Crippen molar-refractivity contribution in [3.63, 3.8) is 0 Å². The monoisotopic (exact) mass is 978 g/mol. The van der Waals surface area contributed by atoms with Crippen LogP contribution in [0.2, 0.25) is 0 Å². The van der Waals surface area contributed by atoms with Gasteiger partial charge in [-0.05, 0) is 38.5 Å². The normalized spacial score (nSPS) is 20.4. The molecule has 0 aliphatic carbocycles. The number of amides is 1. The molecule has 7 N–H and O–H groups in total. The fourth-order valence-electron chi connectivity index (χ4n) is 9.05. The Morgan fingerprint density at radius 3 is 1.34 bits per heavy atom. The fourth-order valence-corrected chi connectivity index (χ4v) is 9.56. The maximum Gasteiger partial charge on any atom is 0.397 e. The molecule has 13 nitrogen and oxygen atoms in total. The number of carbonyl (C=O) groups is 1. The number of rotatable bonds is 48. The molecule has 1 amide bonds. The summed E-state index contributed by atoms with van der Waals surface area (Å²) in [6, 6.07) is -1.04. The summed E-state index contributed by atoms with van der Waals surface area (Å²) in [5, 5.41) is 55.6. The van der Waals surface area contributed by atoms with Gasteiger partial charge in [-0.2, -0.15) is 8.42 Å². The Morgan fingerprint density at radius 1 is 0.582 bits per heavy atom. The summed E-state index contributed by atoms with van der Waals surface area (Å²) in [6.45, 7) is 3.31. The highest BCUT2D eigenvalue weighted by Gasteiger charge is 2.48. The van der Waals surface area contributed by atoms with Gasteiger partial charge in [0.15, 0.2) is 6.29 Å². The molecular weight excluding hydrogens is 875 g/mol. The number of hydrogen-bond acceptors (Lipinski definition) is 11. The average molecular weight is 978 g/mol. The largest absolute Gasteiger partial charge is 0.397 e. The van der Waals surface area contributed by atoms with Gasteiger partial charge in [0.05, 0.1) is 25.4 Å². The van der Waals surface area contributed by atoms with Gasteiger partial charge >= 0.3 is 10.4 Å². The van der Waals surface area contributed by atoms with Crippen LogP contribution < -0.4 is 5.32 Å². The highest BCUT2D eigenvalue weighted by Crippen LogP contribution is 2.26. The minimum atomic E-state index is -5.11. The molecule has 67 heavy (non-hydrogen) atoms. The van der Waals surface area contributed by atoms with Crippen LogP contribution in [0.3, 0.4) is 0 Å². The molecule has 398 valence electrons. The van der Waals surface area contributed by atoms with Crippen LogP contribution in [0.1, 0.15) is 258 Å². The Kier molecular flexibility index (Phi) is 41.5. The first-order valence-corrected chi connectivity index (χ1v) is 29.0. The van der Waals surface area contributed by atoms with E-state index in [4.69, 9.17) is 9.47 Å². The molecule has 8 atom stereocenters. The van der Waals surface area contributed by atoms with Crippen LogP contribution in [0, 0.1) is 0 Å². The van der Waals surface area contributed by atoms with Crippen LogP contribution in [0.5, 0.6) is 0 Å². The molecule has 1 aliphatic rings. The number of allylic oxidation sites excluding steroid dienone is 2. The Balaban J connectivity index is 2.45. The van der Waals surface area contributed by atoms with Gasteiger partial charge in [0, 0.05) is 0 Å². The van der Waals surface area contributed by atoms with E-state index in [0.717, 1.165) is 51.4 Å². The molecule has 0 aromatic carbocycles. The third kappa shape index (κ3) is 35.5. The number of carbonyl (C=O) groups excluding carboxylic acids is 1. The van der Waals surface area contributed by atoms with E-state index >= 15 is 0 Å². The van der Waals surface area contributed by atoms with Gasteiger partial charge in [-0.1, -0.05) is 231 Å². The lowest BCUT2D eigenvalue weighted by Crippen LogP contribution is -2.61. The van der Waals surface area contributed by atoms with E-state index in [0.29, 0.717) is 19.3 Å². The lowest BCUT2D eigenvalue weighted by molar-refractivity contribution is -0.298. The van der Waals surface area contributed by atoms with E-state index in [1.807, 2.05) is 0 Å². The van der Waals surface area contributed by atoms with Crippen molar-refractivity contribution in [2.24, 2.45) is 0 Å². The Labute approximate surface area is 409 Å². The molecule has 1 aliphatic heterocycles. The summed E-state index contributed by atoms with van der Waals surface area (Å²) in [5.74, 6) is -0.674. The standard InChI is InChI=1S/C53H103NO12S/c1-3-5-7-9-11-13-15-17-19-21-22-23-24-26-27-29-31-33-35-37-39-41-46(56)45(44-64-53-50(59)51(66-67(61,62)63)49(58)48(43-55)65-53)54-52(60)47(57)42-40-38-36-34-32-30-28-25-20-18-16-14-12-10-8-6-4-2/h28,30,45-51,53,55-59H,3-27,29,31-44H2,1-2H3,(H,54,60)(H,61,62,63)/b30-28-. The van der Waals surface area contributed by atoms with E-state index in [1.54, 1.807) is 0 Å². The van der Waals surface area contributed by atoms with E-state index in [9.17, 15) is 43.3 Å². The molecule has 0 spiro atoms. The van der Waals surface area contributed by atoms with Gasteiger partial charge in [0.2, 0.25) is 5.91 Å². The minimum Gasteiger partial charge on any atom is -0.394 e. The third-order valence-electron chi connectivity index (χ3n) is 13.4. The van der Waals surface area contributed by atoms with Crippen LogP contribution >= 0.6 is 0 Å². The molecule has 0 saturated carbocycles. The molecule has 1 rings (SSSR count). The van der Waals surface area contributed by atoms with E-state index < -0.39 is 78.5 Å². The Morgan fingerprint density at radius 2 is 0.955 bits per heavy atom. The minimum absolute atomic E-state index is 0.249. The molecule has 1 saturated heterocycles. The number of aliphatic hydroxyl groups excluding tert-OH is 5. The summed E-state index contributed by atoms with van der Waals surface area (Å²) in [7, 11) is -5.11. The first-order chi connectivity index (χ1) is 32.4. The van der Waals surface area contributed by atoms with Crippen LogP contribution in [-0.4, -0.2) is 107 Å². The average Bonchev–Trinajstić information content (AvgIpc) is 3.30. The van der Waals surface area contributed by atoms with Crippen molar-refractivity contribution in [3.05, 3.63) is 12.2 Å². The summed E-state index contributed by atoms with van der Waals surface area (Å²) in [6.07, 6.45) is 38.2. The van der Waals surface area contributed by atoms with Gasteiger partial charge in [-0.25, -0.2) is 4.18 Å². The Hall–Kier alpha value is -1.20. The summed E-state index contributed by atoms with van der Waals surface area (Å²) in [5.41, 5.74) is 0. The quantitative estimate of drug-likeness (QED) is 0.0172. The lowest BCUT2D eigenvalue weighted by atomic mass is 9.99. The third-order valence-corrected chi connectivity index (χ3v) is 13.9. The van der Waals surface area contributed by atoms with Gasteiger partial charge in [0.25, 0.3) is 0 Å². The molecule has 8 unspecified atom stereocenters. The second-order valence-corrected chi connectivity index (χ2v) is 20.7. The number of ether oxygens (including phenoxy) is 2. The van der Waals surface area contributed by atoms with Crippen molar-refractivity contribution in [2.45, 2.75) is 307 Å². The fraction of sp³-hybridized carbons (Fsp3) is 0.943. The molecule has 0 bridgehead atoms. The molecular formula is C53H103NO12S. The highest BCUT2D eigenvalue weighted by molar-refractivity contribution is 7.80. The summed E-state index contributed by atoms with van der Waals surface area (Å²) >= 11 is 0. The number of nitrogens with one attached hydrogen (secondary N) is 1. The second kappa shape index (κ2) is 43.6. The maximum absolute atomic E-state index is 13.2. The first kappa shape index (κ1) is 63.8. The predicted octanol–water partition coefficient (Wildman–Crippen LogP) is 11.3. The van der Waals surface area contributed by atoms with E-state index in [-0.39, 0.29) is 6.42 Å². The molecule has 0 aromatic heterocycles. The lowest BCUT2D eigenvalue weighted by Gasteiger charge is -2.41. The second-order valence-electron chi connectivity index (χ2n) is 19.7. The van der Waals surface area contributed by atoms with Gasteiger partial charge in [0.1, 0.15) is 30.5 Å². The van der Waals surface area contributed by atoms with Crippen molar-refractivity contribution in [2.75, 3.05) is 13.2 Å². The van der Waals surface area contributed by atoms with Crippen LogP contribution in [0.15, 0.2) is 12.2 Å². The van der Waals surface area contributed by atoms with Crippen molar-refractivity contribution in [1.29, 1.82) is 0 Å². The smallest absolute Gasteiger partial charge is 0.394 e. The van der Waals surface area contributed by atoms with Crippen molar-refractivity contribution in [1.82, 2.24) is 5.32 Å². The van der Waals surface area contributed by atoms with Gasteiger partial charge in [-0.3, -0.25) is 9.35 Å². The molecule has 14 heteroatoms. The number of aliphatic hydroxyl groups is 5. The zero-order valence-electron chi connectivity index (χ0n) is 42.6. The van der Waals surface area contributed by atoms with Crippen LogP contribution in [0.4, 0.5) is 0 Å².